The molecule has 0 spiro atoms. The molecule has 0 saturated carbocycles. The molecular formula is C26H24Cl2N2O2. The van der Waals surface area contributed by atoms with Crippen LogP contribution in [0, 0.1) is 0 Å². The molecule has 164 valence electrons. The summed E-state index contributed by atoms with van der Waals surface area (Å²) in [5.74, 6) is -0.203. The van der Waals surface area contributed by atoms with Crippen molar-refractivity contribution in [2.24, 2.45) is 0 Å². The lowest BCUT2D eigenvalue weighted by molar-refractivity contribution is -0.135. The standard InChI is InChI=1S/C26H24Cl2N2O2/c27-21-11-10-20(23(28)16-21)17-29-24(31)12-13-25(32)30-15-14-18-6-4-5-9-22(18)26(30)19-7-2-1-3-8-19/h1-11,16,26H,12-15,17H2,(H,29,31)/t26-/m0/s1. The summed E-state index contributed by atoms with van der Waals surface area (Å²) in [6.07, 6.45) is 1.10. The van der Waals surface area contributed by atoms with Crippen LogP contribution in [0.1, 0.15) is 41.1 Å². The summed E-state index contributed by atoms with van der Waals surface area (Å²) in [7, 11) is 0. The van der Waals surface area contributed by atoms with Crippen molar-refractivity contribution in [3.8, 4) is 0 Å². The molecule has 0 aromatic heterocycles. The zero-order valence-corrected chi connectivity index (χ0v) is 19.1. The Kier molecular flexibility index (Phi) is 7.13. The predicted octanol–water partition coefficient (Wildman–Crippen LogP) is 5.56. The SMILES string of the molecule is O=C(CCC(=O)N1CCc2ccccc2[C@@H]1c1ccccc1)NCc1ccc(Cl)cc1Cl. The van der Waals surface area contributed by atoms with Crippen molar-refractivity contribution in [2.75, 3.05) is 6.54 Å². The number of carbonyl (C=O) groups excluding carboxylic acids is 2. The van der Waals surface area contributed by atoms with E-state index in [1.807, 2.05) is 35.2 Å². The van der Waals surface area contributed by atoms with E-state index in [0.717, 1.165) is 23.1 Å². The second-order valence-corrected chi connectivity index (χ2v) is 8.71. The highest BCUT2D eigenvalue weighted by Gasteiger charge is 2.31. The number of halogens is 2. The largest absolute Gasteiger partial charge is 0.352 e. The topological polar surface area (TPSA) is 49.4 Å². The molecule has 3 aromatic carbocycles. The number of fused-ring (bicyclic) bond motifs is 1. The van der Waals surface area contributed by atoms with E-state index in [-0.39, 0.29) is 30.7 Å². The number of hydrogen-bond donors (Lipinski definition) is 1. The maximum absolute atomic E-state index is 13.2. The number of carbonyl (C=O) groups is 2. The van der Waals surface area contributed by atoms with Gasteiger partial charge in [-0.3, -0.25) is 9.59 Å². The Balaban J connectivity index is 1.41. The maximum Gasteiger partial charge on any atom is 0.223 e. The normalized spacial score (nSPS) is 15.2. The van der Waals surface area contributed by atoms with Crippen LogP contribution in [0.4, 0.5) is 0 Å². The van der Waals surface area contributed by atoms with Crippen molar-refractivity contribution in [1.82, 2.24) is 10.2 Å². The fourth-order valence-electron chi connectivity index (χ4n) is 4.14. The summed E-state index contributed by atoms with van der Waals surface area (Å²) >= 11 is 12.1. The quantitative estimate of drug-likeness (QED) is 0.516. The summed E-state index contributed by atoms with van der Waals surface area (Å²) in [6, 6.07) is 23.4. The number of nitrogens with zero attached hydrogens (tertiary/aromatic N) is 1. The van der Waals surface area contributed by atoms with Crippen molar-refractivity contribution in [3.63, 3.8) is 0 Å². The van der Waals surface area contributed by atoms with Crippen molar-refractivity contribution in [3.05, 3.63) is 105 Å². The van der Waals surface area contributed by atoms with Crippen molar-refractivity contribution >= 4 is 35.0 Å². The van der Waals surface area contributed by atoms with Gasteiger partial charge in [-0.05, 0) is 40.8 Å². The van der Waals surface area contributed by atoms with Crippen LogP contribution in [0.5, 0.6) is 0 Å². The minimum absolute atomic E-state index is 0.0203. The van der Waals surface area contributed by atoms with Crippen molar-refractivity contribution in [2.45, 2.75) is 31.8 Å². The fraction of sp³-hybridized carbons (Fsp3) is 0.231. The van der Waals surface area contributed by atoms with Gasteiger partial charge in [0.25, 0.3) is 0 Å². The van der Waals surface area contributed by atoms with Crippen molar-refractivity contribution in [1.29, 1.82) is 0 Å². The first-order chi connectivity index (χ1) is 15.5. The Hall–Kier alpha value is -2.82. The summed E-state index contributed by atoms with van der Waals surface area (Å²) in [5, 5.41) is 3.89. The number of benzene rings is 3. The van der Waals surface area contributed by atoms with Gasteiger partial charge in [0.15, 0.2) is 0 Å². The highest BCUT2D eigenvalue weighted by atomic mass is 35.5. The van der Waals surface area contributed by atoms with E-state index in [4.69, 9.17) is 23.2 Å². The maximum atomic E-state index is 13.2. The average molecular weight is 467 g/mol. The molecule has 0 radical (unpaired) electrons. The molecule has 1 N–H and O–H groups in total. The Bertz CT molecular complexity index is 1120. The molecule has 2 amide bonds. The van der Waals surface area contributed by atoms with Gasteiger partial charge in [0.2, 0.25) is 11.8 Å². The van der Waals surface area contributed by atoms with E-state index in [0.29, 0.717) is 23.1 Å². The minimum Gasteiger partial charge on any atom is -0.352 e. The first kappa shape index (κ1) is 22.4. The van der Waals surface area contributed by atoms with Gasteiger partial charge in [0.05, 0.1) is 6.04 Å². The lowest BCUT2D eigenvalue weighted by Gasteiger charge is -2.38. The second-order valence-electron chi connectivity index (χ2n) is 7.86. The van der Waals surface area contributed by atoms with E-state index in [9.17, 15) is 9.59 Å². The zero-order valence-electron chi connectivity index (χ0n) is 17.6. The summed E-state index contributed by atoms with van der Waals surface area (Å²) < 4.78 is 0. The fourth-order valence-corrected chi connectivity index (χ4v) is 4.62. The van der Waals surface area contributed by atoms with E-state index >= 15 is 0 Å². The Morgan fingerprint density at radius 1 is 0.938 bits per heavy atom. The molecule has 0 aliphatic carbocycles. The third-order valence-electron chi connectivity index (χ3n) is 5.78. The monoisotopic (exact) mass is 466 g/mol. The van der Waals surface area contributed by atoms with Crippen LogP contribution >= 0.6 is 23.2 Å². The molecule has 1 heterocycles. The Morgan fingerprint density at radius 2 is 1.69 bits per heavy atom. The van der Waals surface area contributed by atoms with Gasteiger partial charge in [0, 0.05) is 36.0 Å². The summed E-state index contributed by atoms with van der Waals surface area (Å²) in [6.45, 7) is 0.935. The second kappa shape index (κ2) is 10.2. The van der Waals surface area contributed by atoms with Crippen LogP contribution in [0.3, 0.4) is 0 Å². The van der Waals surface area contributed by atoms with Crippen LogP contribution in [-0.4, -0.2) is 23.3 Å². The van der Waals surface area contributed by atoms with Gasteiger partial charge in [0.1, 0.15) is 0 Å². The number of rotatable bonds is 6. The lowest BCUT2D eigenvalue weighted by atomic mass is 9.88. The highest BCUT2D eigenvalue weighted by Crippen LogP contribution is 2.35. The molecule has 6 heteroatoms. The van der Waals surface area contributed by atoms with Crippen LogP contribution in [0.25, 0.3) is 0 Å². The molecule has 4 rings (SSSR count). The molecule has 1 atom stereocenters. The van der Waals surface area contributed by atoms with Gasteiger partial charge >= 0.3 is 0 Å². The molecule has 3 aromatic rings. The molecule has 4 nitrogen and oxygen atoms in total. The van der Waals surface area contributed by atoms with Gasteiger partial charge < -0.3 is 10.2 Å². The molecule has 1 aliphatic rings. The minimum atomic E-state index is -0.182. The van der Waals surface area contributed by atoms with E-state index in [1.165, 1.54) is 5.56 Å². The van der Waals surface area contributed by atoms with Gasteiger partial charge in [-0.1, -0.05) is 83.9 Å². The number of hydrogen-bond acceptors (Lipinski definition) is 2. The van der Waals surface area contributed by atoms with Gasteiger partial charge in [-0.2, -0.15) is 0 Å². The third-order valence-corrected chi connectivity index (χ3v) is 6.36. The van der Waals surface area contributed by atoms with Gasteiger partial charge in [-0.15, -0.1) is 0 Å². The molecule has 32 heavy (non-hydrogen) atoms. The molecule has 1 aliphatic heterocycles. The van der Waals surface area contributed by atoms with E-state index in [1.54, 1.807) is 18.2 Å². The lowest BCUT2D eigenvalue weighted by Crippen LogP contribution is -2.41. The van der Waals surface area contributed by atoms with Crippen LogP contribution in [0.15, 0.2) is 72.8 Å². The number of nitrogens with one attached hydrogen (secondary N) is 1. The summed E-state index contributed by atoms with van der Waals surface area (Å²) in [5.41, 5.74) is 4.28. The predicted molar refractivity (Wildman–Crippen MR) is 128 cm³/mol. The van der Waals surface area contributed by atoms with Crippen LogP contribution in [0.2, 0.25) is 10.0 Å². The molecule has 0 unspecified atom stereocenters. The van der Waals surface area contributed by atoms with Crippen LogP contribution < -0.4 is 5.32 Å². The van der Waals surface area contributed by atoms with Gasteiger partial charge in [-0.25, -0.2) is 0 Å². The zero-order chi connectivity index (χ0) is 22.5. The van der Waals surface area contributed by atoms with Crippen molar-refractivity contribution < 1.29 is 9.59 Å². The van der Waals surface area contributed by atoms with Crippen LogP contribution in [-0.2, 0) is 22.6 Å². The highest BCUT2D eigenvalue weighted by molar-refractivity contribution is 6.35. The number of amides is 2. The molecule has 0 saturated heterocycles. The average Bonchev–Trinajstić information content (AvgIpc) is 2.81. The summed E-state index contributed by atoms with van der Waals surface area (Å²) in [4.78, 5) is 27.5. The Labute approximate surface area is 198 Å². The first-order valence-electron chi connectivity index (χ1n) is 10.7. The smallest absolute Gasteiger partial charge is 0.223 e. The van der Waals surface area contributed by atoms with E-state index < -0.39 is 0 Å². The molecular weight excluding hydrogens is 443 g/mol. The Morgan fingerprint density at radius 3 is 2.47 bits per heavy atom. The molecule has 0 fully saturated rings. The van der Waals surface area contributed by atoms with E-state index in [2.05, 4.69) is 29.6 Å². The molecule has 0 bridgehead atoms. The third kappa shape index (κ3) is 5.14. The first-order valence-corrected chi connectivity index (χ1v) is 11.4.